The van der Waals surface area contributed by atoms with Crippen LogP contribution in [0.15, 0.2) is 42.5 Å². The zero-order valence-corrected chi connectivity index (χ0v) is 22.0. The smallest absolute Gasteiger partial charge is 0.229 e. The monoisotopic (exact) mass is 579 g/mol. The van der Waals surface area contributed by atoms with Gasteiger partial charge in [0.25, 0.3) is 0 Å². The van der Waals surface area contributed by atoms with Gasteiger partial charge in [-0.25, -0.2) is 9.97 Å². The second kappa shape index (κ2) is 11.0. The molecule has 2 aliphatic rings. The molecular weight excluding hydrogens is 549 g/mol. The number of amides is 1. The Morgan fingerprint density at radius 3 is 2.60 bits per heavy atom. The van der Waals surface area contributed by atoms with Gasteiger partial charge in [0.05, 0.1) is 23.5 Å². The average molecular weight is 579 g/mol. The number of anilines is 1. The molecule has 0 aliphatic heterocycles. The third-order valence-corrected chi connectivity index (χ3v) is 7.96. The van der Waals surface area contributed by atoms with Crippen LogP contribution in [-0.4, -0.2) is 22.2 Å². The van der Waals surface area contributed by atoms with Crippen LogP contribution in [0.2, 0.25) is 0 Å². The Morgan fingerprint density at radius 1 is 1.03 bits per heavy atom. The van der Waals surface area contributed by atoms with Gasteiger partial charge in [-0.15, -0.1) is 0 Å². The SMILES string of the molecule is O=Cc1ccc2c(c1)CCc1nc(NC(=O)Cc3ccc(I)cc3)c(CCC3CCCCC3)nc1-2. The van der Waals surface area contributed by atoms with Crippen molar-refractivity contribution in [1.82, 2.24) is 9.97 Å². The maximum absolute atomic E-state index is 12.9. The van der Waals surface area contributed by atoms with Gasteiger partial charge in [0.1, 0.15) is 6.29 Å². The summed E-state index contributed by atoms with van der Waals surface area (Å²) >= 11 is 2.27. The van der Waals surface area contributed by atoms with Crippen LogP contribution in [0.4, 0.5) is 5.82 Å². The predicted octanol–water partition coefficient (Wildman–Crippen LogP) is 6.35. The molecule has 1 amide bonds. The predicted molar refractivity (Wildman–Crippen MR) is 147 cm³/mol. The number of aldehydes is 1. The molecule has 1 heterocycles. The molecule has 2 aliphatic carbocycles. The molecule has 6 heteroatoms. The molecule has 3 aromatic rings. The van der Waals surface area contributed by atoms with E-state index in [2.05, 4.69) is 27.9 Å². The Morgan fingerprint density at radius 2 is 1.83 bits per heavy atom. The summed E-state index contributed by atoms with van der Waals surface area (Å²) in [6.07, 6.45) is 11.2. The number of fused-ring (bicyclic) bond motifs is 3. The quantitative estimate of drug-likeness (QED) is 0.262. The van der Waals surface area contributed by atoms with E-state index >= 15 is 0 Å². The summed E-state index contributed by atoms with van der Waals surface area (Å²) in [5.74, 6) is 1.27. The van der Waals surface area contributed by atoms with Crippen LogP contribution in [0.25, 0.3) is 11.3 Å². The fraction of sp³-hybridized carbons (Fsp3) is 0.379. The van der Waals surface area contributed by atoms with Crippen LogP contribution in [0, 0.1) is 9.49 Å². The van der Waals surface area contributed by atoms with E-state index in [0.29, 0.717) is 17.8 Å². The van der Waals surface area contributed by atoms with Gasteiger partial charge in [0.2, 0.25) is 5.91 Å². The van der Waals surface area contributed by atoms with Gasteiger partial charge in [0.15, 0.2) is 5.82 Å². The number of carbonyl (C=O) groups is 2. The molecule has 0 saturated heterocycles. The number of nitrogens with one attached hydrogen (secondary N) is 1. The van der Waals surface area contributed by atoms with Gasteiger partial charge >= 0.3 is 0 Å². The molecule has 1 fully saturated rings. The third kappa shape index (κ3) is 5.80. The summed E-state index contributed by atoms with van der Waals surface area (Å²) < 4.78 is 1.15. The first kappa shape index (κ1) is 24.1. The molecule has 0 spiro atoms. The summed E-state index contributed by atoms with van der Waals surface area (Å²) in [5, 5.41) is 3.09. The van der Waals surface area contributed by atoms with E-state index < -0.39 is 0 Å². The Kier molecular flexibility index (Phi) is 7.56. The van der Waals surface area contributed by atoms with Crippen LogP contribution in [0.5, 0.6) is 0 Å². The number of halogens is 1. The number of hydrogen-bond acceptors (Lipinski definition) is 4. The Hall–Kier alpha value is -2.61. The number of aromatic nitrogens is 2. The van der Waals surface area contributed by atoms with E-state index in [1.54, 1.807) is 0 Å². The van der Waals surface area contributed by atoms with Crippen molar-refractivity contribution in [3.63, 3.8) is 0 Å². The normalized spacial score (nSPS) is 15.2. The van der Waals surface area contributed by atoms with Gasteiger partial charge < -0.3 is 5.32 Å². The second-order valence-corrected chi connectivity index (χ2v) is 11.0. The maximum Gasteiger partial charge on any atom is 0.229 e. The van der Waals surface area contributed by atoms with E-state index in [0.717, 1.165) is 75.2 Å². The van der Waals surface area contributed by atoms with Crippen LogP contribution < -0.4 is 5.32 Å². The Bertz CT molecular complexity index is 1230. The Labute approximate surface area is 220 Å². The summed E-state index contributed by atoms with van der Waals surface area (Å²) in [6.45, 7) is 0. The fourth-order valence-corrected chi connectivity index (χ4v) is 5.69. The molecule has 0 radical (unpaired) electrons. The van der Waals surface area contributed by atoms with E-state index in [-0.39, 0.29) is 5.91 Å². The first-order valence-electron chi connectivity index (χ1n) is 12.6. The third-order valence-electron chi connectivity index (χ3n) is 7.24. The van der Waals surface area contributed by atoms with E-state index in [4.69, 9.17) is 9.97 Å². The Balaban J connectivity index is 1.43. The number of hydrogen-bond donors (Lipinski definition) is 1. The lowest BCUT2D eigenvalue weighted by Crippen LogP contribution is -2.20. The van der Waals surface area contributed by atoms with Crippen LogP contribution in [-0.2, 0) is 30.5 Å². The molecule has 5 rings (SSSR count). The van der Waals surface area contributed by atoms with Crippen molar-refractivity contribution in [3.05, 3.63) is 74.1 Å². The lowest BCUT2D eigenvalue weighted by atomic mass is 9.85. The summed E-state index contributed by atoms with van der Waals surface area (Å²) in [7, 11) is 0. The highest BCUT2D eigenvalue weighted by Crippen LogP contribution is 2.34. The van der Waals surface area contributed by atoms with Crippen molar-refractivity contribution in [2.24, 2.45) is 5.92 Å². The molecule has 180 valence electrons. The summed E-state index contributed by atoms with van der Waals surface area (Å²) in [5.41, 5.74) is 6.57. The van der Waals surface area contributed by atoms with Gasteiger partial charge in [-0.2, -0.15) is 0 Å². The molecule has 2 aromatic carbocycles. The zero-order valence-electron chi connectivity index (χ0n) is 19.9. The minimum absolute atomic E-state index is 0.0637. The highest BCUT2D eigenvalue weighted by atomic mass is 127. The molecule has 0 unspecified atom stereocenters. The molecular formula is C29H30IN3O2. The second-order valence-electron chi connectivity index (χ2n) is 9.74. The topological polar surface area (TPSA) is 72.0 Å². The minimum Gasteiger partial charge on any atom is -0.309 e. The van der Waals surface area contributed by atoms with E-state index in [9.17, 15) is 9.59 Å². The molecule has 1 aromatic heterocycles. The van der Waals surface area contributed by atoms with E-state index in [1.807, 2.05) is 42.5 Å². The molecule has 0 bridgehead atoms. The highest BCUT2D eigenvalue weighted by Gasteiger charge is 2.23. The molecule has 1 saturated carbocycles. The molecule has 5 nitrogen and oxygen atoms in total. The van der Waals surface area contributed by atoms with Crippen LogP contribution >= 0.6 is 22.6 Å². The number of rotatable bonds is 7. The van der Waals surface area contributed by atoms with Crippen LogP contribution in [0.1, 0.15) is 71.4 Å². The minimum atomic E-state index is -0.0637. The number of aryl methyl sites for hydroxylation is 3. The maximum atomic E-state index is 12.9. The lowest BCUT2D eigenvalue weighted by Gasteiger charge is -2.23. The number of benzene rings is 2. The summed E-state index contributed by atoms with van der Waals surface area (Å²) in [6, 6.07) is 13.8. The van der Waals surface area contributed by atoms with Crippen molar-refractivity contribution in [2.75, 3.05) is 5.32 Å². The van der Waals surface area contributed by atoms with Gasteiger partial charge in [-0.1, -0.05) is 56.4 Å². The standard InChI is InChI=1S/C29H30IN3O2/c30-23-11-6-20(7-12-23)17-27(35)33-29-26(14-9-19-4-2-1-3-5-19)31-28-24-13-8-21(18-34)16-22(24)10-15-25(28)32-29/h6-8,11-13,16,18-19H,1-5,9-10,14-15,17H2,(H,32,33,35). The number of carbonyl (C=O) groups excluding carboxylic acids is 2. The zero-order chi connectivity index (χ0) is 24.2. The van der Waals surface area contributed by atoms with Gasteiger partial charge in [-0.05, 0) is 83.5 Å². The lowest BCUT2D eigenvalue weighted by molar-refractivity contribution is -0.115. The van der Waals surface area contributed by atoms with E-state index in [1.165, 1.54) is 32.1 Å². The van der Waals surface area contributed by atoms with Crippen molar-refractivity contribution >= 4 is 40.6 Å². The molecule has 0 atom stereocenters. The highest BCUT2D eigenvalue weighted by molar-refractivity contribution is 14.1. The van der Waals surface area contributed by atoms with Crippen molar-refractivity contribution in [3.8, 4) is 11.3 Å². The molecule has 1 N–H and O–H groups in total. The first-order valence-corrected chi connectivity index (χ1v) is 13.7. The van der Waals surface area contributed by atoms with Crippen molar-refractivity contribution < 1.29 is 9.59 Å². The largest absolute Gasteiger partial charge is 0.309 e. The number of nitrogens with zero attached hydrogens (tertiary/aromatic N) is 2. The van der Waals surface area contributed by atoms with Gasteiger partial charge in [0, 0.05) is 14.7 Å². The van der Waals surface area contributed by atoms with Crippen molar-refractivity contribution in [1.29, 1.82) is 0 Å². The first-order chi connectivity index (χ1) is 17.1. The summed E-state index contributed by atoms with van der Waals surface area (Å²) in [4.78, 5) is 34.3. The fourth-order valence-electron chi connectivity index (χ4n) is 5.33. The van der Waals surface area contributed by atoms with Crippen molar-refractivity contribution in [2.45, 2.75) is 64.2 Å². The van der Waals surface area contributed by atoms with Crippen LogP contribution in [0.3, 0.4) is 0 Å². The average Bonchev–Trinajstić information content (AvgIpc) is 2.89. The molecule has 35 heavy (non-hydrogen) atoms. The van der Waals surface area contributed by atoms with Gasteiger partial charge in [-0.3, -0.25) is 9.59 Å².